The van der Waals surface area contributed by atoms with Gasteiger partial charge in [-0.3, -0.25) is 0 Å². The molecule has 2 unspecified atom stereocenters. The van der Waals surface area contributed by atoms with E-state index >= 15 is 0 Å². The zero-order valence-electron chi connectivity index (χ0n) is 10.3. The summed E-state index contributed by atoms with van der Waals surface area (Å²) in [5.74, 6) is 0. The molecule has 0 spiro atoms. The molecule has 16 heavy (non-hydrogen) atoms. The maximum absolute atomic E-state index is 9.26. The van der Waals surface area contributed by atoms with E-state index in [1.54, 1.807) is 0 Å². The quantitative estimate of drug-likeness (QED) is 0.468. The van der Waals surface area contributed by atoms with Gasteiger partial charge in [0.1, 0.15) is 12.2 Å². The van der Waals surface area contributed by atoms with Gasteiger partial charge < -0.3 is 20.1 Å². The summed E-state index contributed by atoms with van der Waals surface area (Å²) < 4.78 is 5.29. The lowest BCUT2D eigenvalue weighted by Gasteiger charge is -2.19. The Balaban J connectivity index is 3.34. The summed E-state index contributed by atoms with van der Waals surface area (Å²) in [5.41, 5.74) is 0. The van der Waals surface area contributed by atoms with Gasteiger partial charge in [0, 0.05) is 6.61 Å². The van der Waals surface area contributed by atoms with E-state index in [-0.39, 0.29) is 13.2 Å². The fourth-order valence-corrected chi connectivity index (χ4v) is 1.52. The summed E-state index contributed by atoms with van der Waals surface area (Å²) in [5, 5.41) is 26.9. The third kappa shape index (κ3) is 8.05. The van der Waals surface area contributed by atoms with Crippen molar-refractivity contribution in [3.8, 4) is 0 Å². The van der Waals surface area contributed by atoms with E-state index in [9.17, 15) is 5.11 Å². The molecule has 98 valence electrons. The van der Waals surface area contributed by atoms with Gasteiger partial charge >= 0.3 is 0 Å². The lowest BCUT2D eigenvalue weighted by atomic mass is 10.1. The number of hydrogen-bond acceptors (Lipinski definition) is 4. The summed E-state index contributed by atoms with van der Waals surface area (Å²) in [6.45, 7) is 2.10. The molecule has 0 saturated carbocycles. The number of hydrogen-bond donors (Lipinski definition) is 3. The molecule has 0 saturated heterocycles. The van der Waals surface area contributed by atoms with Gasteiger partial charge in [-0.1, -0.05) is 39.0 Å². The van der Waals surface area contributed by atoms with Crippen LogP contribution in [0.2, 0.25) is 0 Å². The molecule has 0 aliphatic carbocycles. The van der Waals surface area contributed by atoms with Crippen LogP contribution >= 0.6 is 0 Å². The Morgan fingerprint density at radius 1 is 0.938 bits per heavy atom. The Kier molecular flexibility index (Phi) is 11.2. The van der Waals surface area contributed by atoms with Gasteiger partial charge in [0.25, 0.3) is 0 Å². The van der Waals surface area contributed by atoms with Crippen LogP contribution in [0, 0.1) is 0 Å². The summed E-state index contributed by atoms with van der Waals surface area (Å²) in [4.78, 5) is 0. The van der Waals surface area contributed by atoms with E-state index in [4.69, 9.17) is 14.9 Å². The van der Waals surface area contributed by atoms with Crippen molar-refractivity contribution in [2.75, 3.05) is 19.8 Å². The van der Waals surface area contributed by atoms with Gasteiger partial charge in [0.05, 0.1) is 13.2 Å². The Hall–Kier alpha value is -0.160. The molecule has 4 heteroatoms. The van der Waals surface area contributed by atoms with Gasteiger partial charge in [0.15, 0.2) is 0 Å². The van der Waals surface area contributed by atoms with Crippen molar-refractivity contribution in [2.45, 2.75) is 57.7 Å². The first kappa shape index (κ1) is 15.8. The first-order valence-electron chi connectivity index (χ1n) is 6.27. The Labute approximate surface area is 98.2 Å². The van der Waals surface area contributed by atoms with Crippen molar-refractivity contribution in [2.24, 2.45) is 0 Å². The van der Waals surface area contributed by atoms with Gasteiger partial charge in [0.2, 0.25) is 0 Å². The Morgan fingerprint density at radius 3 is 2.12 bits per heavy atom. The third-order valence-electron chi connectivity index (χ3n) is 2.63. The lowest BCUT2D eigenvalue weighted by Crippen LogP contribution is -2.35. The smallest absolute Gasteiger partial charge is 0.109 e. The largest absolute Gasteiger partial charge is 0.394 e. The average molecular weight is 234 g/mol. The van der Waals surface area contributed by atoms with E-state index in [0.717, 1.165) is 12.8 Å². The molecule has 0 aromatic rings. The van der Waals surface area contributed by atoms with Crippen molar-refractivity contribution in [1.82, 2.24) is 0 Å². The van der Waals surface area contributed by atoms with Crippen molar-refractivity contribution < 1.29 is 20.1 Å². The van der Waals surface area contributed by atoms with Crippen LogP contribution in [0.15, 0.2) is 0 Å². The predicted molar refractivity (Wildman–Crippen MR) is 63.3 cm³/mol. The maximum Gasteiger partial charge on any atom is 0.109 e. The second kappa shape index (κ2) is 11.3. The fraction of sp³-hybridized carbons (Fsp3) is 1.00. The van der Waals surface area contributed by atoms with Gasteiger partial charge in [-0.25, -0.2) is 0 Å². The minimum Gasteiger partial charge on any atom is -0.394 e. The molecule has 0 radical (unpaired) electrons. The monoisotopic (exact) mass is 234 g/mol. The predicted octanol–water partition coefficient (Wildman–Crippen LogP) is 1.08. The number of rotatable bonds is 11. The minimum atomic E-state index is -0.981. The number of unbranched alkanes of at least 4 members (excludes halogenated alkanes) is 5. The third-order valence-corrected chi connectivity index (χ3v) is 2.63. The molecule has 0 aliphatic heterocycles. The Morgan fingerprint density at radius 2 is 1.56 bits per heavy atom. The molecule has 4 nitrogen and oxygen atoms in total. The molecule has 0 aromatic heterocycles. The van der Waals surface area contributed by atoms with E-state index in [1.165, 1.54) is 25.7 Å². The highest BCUT2D eigenvalue weighted by Crippen LogP contribution is 2.06. The summed E-state index contributed by atoms with van der Waals surface area (Å²) in [7, 11) is 0. The van der Waals surface area contributed by atoms with Crippen LogP contribution in [-0.4, -0.2) is 47.3 Å². The topological polar surface area (TPSA) is 69.9 Å². The van der Waals surface area contributed by atoms with Crippen molar-refractivity contribution in [1.29, 1.82) is 0 Å². The average Bonchev–Trinajstić information content (AvgIpc) is 2.32. The van der Waals surface area contributed by atoms with E-state index in [1.807, 2.05) is 0 Å². The standard InChI is InChI=1S/C12H26O4/c1-2-3-4-5-6-7-8-16-12(10-14)11(15)9-13/h11-15H,2-10H2,1H3. The molecular formula is C12H26O4. The molecule has 0 aliphatic rings. The van der Waals surface area contributed by atoms with Crippen LogP contribution in [-0.2, 0) is 4.74 Å². The summed E-state index contributed by atoms with van der Waals surface area (Å²) >= 11 is 0. The zero-order valence-corrected chi connectivity index (χ0v) is 10.3. The highest BCUT2D eigenvalue weighted by atomic mass is 16.5. The Bertz CT molecular complexity index is 141. The molecule has 2 atom stereocenters. The highest BCUT2D eigenvalue weighted by Gasteiger charge is 2.17. The van der Waals surface area contributed by atoms with Crippen LogP contribution in [0.1, 0.15) is 45.4 Å². The van der Waals surface area contributed by atoms with Crippen LogP contribution in [0.5, 0.6) is 0 Å². The van der Waals surface area contributed by atoms with E-state index < -0.39 is 12.2 Å². The molecule has 0 heterocycles. The first-order chi connectivity index (χ1) is 7.76. The van der Waals surface area contributed by atoms with Crippen molar-refractivity contribution >= 4 is 0 Å². The van der Waals surface area contributed by atoms with Crippen LogP contribution in [0.25, 0.3) is 0 Å². The van der Waals surface area contributed by atoms with E-state index in [2.05, 4.69) is 6.92 Å². The SMILES string of the molecule is CCCCCCCCOC(CO)C(O)CO. The molecule has 0 amide bonds. The van der Waals surface area contributed by atoms with Gasteiger partial charge in [-0.05, 0) is 6.42 Å². The number of ether oxygens (including phenoxy) is 1. The normalized spacial score (nSPS) is 15.0. The highest BCUT2D eigenvalue weighted by molar-refractivity contribution is 4.66. The fourth-order valence-electron chi connectivity index (χ4n) is 1.52. The lowest BCUT2D eigenvalue weighted by molar-refractivity contribution is -0.0802. The van der Waals surface area contributed by atoms with Gasteiger partial charge in [-0.15, -0.1) is 0 Å². The molecular weight excluding hydrogens is 208 g/mol. The van der Waals surface area contributed by atoms with Crippen LogP contribution < -0.4 is 0 Å². The zero-order chi connectivity index (χ0) is 12.2. The number of aliphatic hydroxyl groups is 3. The molecule has 0 fully saturated rings. The minimum absolute atomic E-state index is 0.252. The van der Waals surface area contributed by atoms with Crippen molar-refractivity contribution in [3.63, 3.8) is 0 Å². The van der Waals surface area contributed by atoms with Gasteiger partial charge in [-0.2, -0.15) is 0 Å². The second-order valence-corrected chi connectivity index (χ2v) is 4.11. The molecule has 0 aromatic carbocycles. The first-order valence-corrected chi connectivity index (χ1v) is 6.27. The molecule has 0 bridgehead atoms. The molecule has 0 rings (SSSR count). The number of aliphatic hydroxyl groups excluding tert-OH is 3. The summed E-state index contributed by atoms with van der Waals surface area (Å²) in [6, 6.07) is 0. The second-order valence-electron chi connectivity index (χ2n) is 4.11. The van der Waals surface area contributed by atoms with Crippen molar-refractivity contribution in [3.05, 3.63) is 0 Å². The summed E-state index contributed by atoms with van der Waals surface area (Å²) in [6.07, 6.45) is 5.43. The van der Waals surface area contributed by atoms with Crippen LogP contribution in [0.4, 0.5) is 0 Å². The molecule has 3 N–H and O–H groups in total. The maximum atomic E-state index is 9.26. The van der Waals surface area contributed by atoms with Crippen LogP contribution in [0.3, 0.4) is 0 Å². The van der Waals surface area contributed by atoms with E-state index in [0.29, 0.717) is 6.61 Å².